The SMILES string of the molecule is CN=C(N)NC(C)c1ccc(Br)cc1. The van der Waals surface area contributed by atoms with Gasteiger partial charge >= 0.3 is 0 Å². The number of nitrogens with zero attached hydrogens (tertiary/aromatic N) is 1. The third kappa shape index (κ3) is 3.03. The highest BCUT2D eigenvalue weighted by atomic mass is 79.9. The van der Waals surface area contributed by atoms with Gasteiger partial charge in [-0.2, -0.15) is 0 Å². The van der Waals surface area contributed by atoms with Gasteiger partial charge in [0.15, 0.2) is 5.96 Å². The fourth-order valence-electron chi connectivity index (χ4n) is 1.12. The lowest BCUT2D eigenvalue weighted by Crippen LogP contribution is -2.33. The van der Waals surface area contributed by atoms with Crippen molar-refractivity contribution in [2.75, 3.05) is 7.05 Å². The first kappa shape index (κ1) is 11.0. The van der Waals surface area contributed by atoms with E-state index in [0.717, 1.165) is 4.47 Å². The molecule has 14 heavy (non-hydrogen) atoms. The molecule has 0 aliphatic rings. The highest BCUT2D eigenvalue weighted by Crippen LogP contribution is 2.15. The van der Waals surface area contributed by atoms with Crippen LogP contribution in [0.5, 0.6) is 0 Å². The second kappa shape index (κ2) is 5.00. The molecule has 1 unspecified atom stereocenters. The number of nitrogens with one attached hydrogen (secondary N) is 1. The summed E-state index contributed by atoms with van der Waals surface area (Å²) in [5.41, 5.74) is 6.75. The van der Waals surface area contributed by atoms with Crippen LogP contribution in [0.1, 0.15) is 18.5 Å². The molecule has 1 aromatic carbocycles. The minimum atomic E-state index is 0.173. The standard InChI is InChI=1S/C10H14BrN3/c1-7(14-10(12)13-2)8-3-5-9(11)6-4-8/h3-7H,1-2H3,(H3,12,13,14). The maximum Gasteiger partial charge on any atom is 0.188 e. The summed E-state index contributed by atoms with van der Waals surface area (Å²) in [7, 11) is 1.66. The van der Waals surface area contributed by atoms with E-state index >= 15 is 0 Å². The van der Waals surface area contributed by atoms with Crippen molar-refractivity contribution >= 4 is 21.9 Å². The number of hydrogen-bond donors (Lipinski definition) is 2. The van der Waals surface area contributed by atoms with E-state index in [4.69, 9.17) is 5.73 Å². The summed E-state index contributed by atoms with van der Waals surface area (Å²) in [5.74, 6) is 0.459. The van der Waals surface area contributed by atoms with Gasteiger partial charge in [0.25, 0.3) is 0 Å². The topological polar surface area (TPSA) is 50.4 Å². The first-order chi connectivity index (χ1) is 6.63. The molecule has 0 aliphatic carbocycles. The maximum absolute atomic E-state index is 5.57. The van der Waals surface area contributed by atoms with Crippen LogP contribution < -0.4 is 11.1 Å². The molecule has 0 amide bonds. The normalized spacial score (nSPS) is 13.8. The van der Waals surface area contributed by atoms with Crippen molar-refractivity contribution in [1.29, 1.82) is 0 Å². The van der Waals surface area contributed by atoms with Crippen LogP contribution in [0.3, 0.4) is 0 Å². The first-order valence-corrected chi connectivity index (χ1v) is 5.17. The van der Waals surface area contributed by atoms with Gasteiger partial charge in [-0.1, -0.05) is 28.1 Å². The molecule has 0 saturated carbocycles. The average molecular weight is 256 g/mol. The second-order valence-electron chi connectivity index (χ2n) is 3.03. The van der Waals surface area contributed by atoms with Crippen molar-refractivity contribution < 1.29 is 0 Å². The van der Waals surface area contributed by atoms with Gasteiger partial charge in [-0.25, -0.2) is 0 Å². The Balaban J connectivity index is 2.70. The number of benzene rings is 1. The van der Waals surface area contributed by atoms with Gasteiger partial charge in [-0.15, -0.1) is 0 Å². The Morgan fingerprint density at radius 1 is 1.43 bits per heavy atom. The molecule has 0 heterocycles. The molecule has 76 valence electrons. The van der Waals surface area contributed by atoms with Gasteiger partial charge in [0.1, 0.15) is 0 Å². The van der Waals surface area contributed by atoms with E-state index in [1.807, 2.05) is 31.2 Å². The number of aliphatic imine (C=N–C) groups is 1. The monoisotopic (exact) mass is 255 g/mol. The number of hydrogen-bond acceptors (Lipinski definition) is 1. The van der Waals surface area contributed by atoms with Crippen molar-refractivity contribution in [3.63, 3.8) is 0 Å². The maximum atomic E-state index is 5.57. The van der Waals surface area contributed by atoms with Crippen LogP contribution in [0, 0.1) is 0 Å². The van der Waals surface area contributed by atoms with E-state index < -0.39 is 0 Å². The summed E-state index contributed by atoms with van der Waals surface area (Å²) in [6.07, 6.45) is 0. The Labute approximate surface area is 92.5 Å². The Morgan fingerprint density at radius 3 is 2.50 bits per heavy atom. The molecular formula is C10H14BrN3. The van der Waals surface area contributed by atoms with Gasteiger partial charge in [0, 0.05) is 11.5 Å². The van der Waals surface area contributed by atoms with Crippen LogP contribution in [0.15, 0.2) is 33.7 Å². The quantitative estimate of drug-likeness (QED) is 0.628. The molecule has 0 radical (unpaired) electrons. The van der Waals surface area contributed by atoms with Crippen LogP contribution in [0.25, 0.3) is 0 Å². The molecule has 3 N–H and O–H groups in total. The van der Waals surface area contributed by atoms with Gasteiger partial charge in [-0.05, 0) is 24.6 Å². The predicted octanol–water partition coefficient (Wildman–Crippen LogP) is 2.04. The zero-order chi connectivity index (χ0) is 10.6. The van der Waals surface area contributed by atoms with Crippen LogP contribution in [-0.4, -0.2) is 13.0 Å². The highest BCUT2D eigenvalue weighted by molar-refractivity contribution is 9.10. The lowest BCUT2D eigenvalue weighted by molar-refractivity contribution is 0.711. The van der Waals surface area contributed by atoms with Crippen molar-refractivity contribution in [2.24, 2.45) is 10.7 Å². The highest BCUT2D eigenvalue weighted by Gasteiger charge is 2.04. The van der Waals surface area contributed by atoms with E-state index in [0.29, 0.717) is 5.96 Å². The largest absolute Gasteiger partial charge is 0.370 e. The van der Waals surface area contributed by atoms with Crippen LogP contribution in [0.2, 0.25) is 0 Å². The summed E-state index contributed by atoms with van der Waals surface area (Å²) >= 11 is 3.39. The van der Waals surface area contributed by atoms with Crippen LogP contribution in [0.4, 0.5) is 0 Å². The van der Waals surface area contributed by atoms with Crippen LogP contribution in [-0.2, 0) is 0 Å². The Kier molecular flexibility index (Phi) is 3.95. The molecular weight excluding hydrogens is 242 g/mol. The Hall–Kier alpha value is -1.03. The molecule has 0 spiro atoms. The average Bonchev–Trinajstić information content (AvgIpc) is 2.18. The van der Waals surface area contributed by atoms with Gasteiger partial charge in [0.2, 0.25) is 0 Å². The Bertz CT molecular complexity index is 319. The molecule has 4 heteroatoms. The lowest BCUT2D eigenvalue weighted by Gasteiger charge is -2.14. The summed E-state index contributed by atoms with van der Waals surface area (Å²) in [5, 5.41) is 3.08. The molecule has 0 aromatic heterocycles. The van der Waals surface area contributed by atoms with Crippen molar-refractivity contribution in [1.82, 2.24) is 5.32 Å². The minimum Gasteiger partial charge on any atom is -0.370 e. The third-order valence-electron chi connectivity index (χ3n) is 1.98. The van der Waals surface area contributed by atoms with Gasteiger partial charge in [0.05, 0.1) is 6.04 Å². The molecule has 3 nitrogen and oxygen atoms in total. The van der Waals surface area contributed by atoms with Crippen molar-refractivity contribution in [2.45, 2.75) is 13.0 Å². The summed E-state index contributed by atoms with van der Waals surface area (Å²) in [6, 6.07) is 8.28. The second-order valence-corrected chi connectivity index (χ2v) is 3.94. The molecule has 1 atom stereocenters. The fourth-order valence-corrected chi connectivity index (χ4v) is 1.39. The van der Waals surface area contributed by atoms with Crippen molar-refractivity contribution in [3.05, 3.63) is 34.3 Å². The summed E-state index contributed by atoms with van der Waals surface area (Å²) in [6.45, 7) is 2.04. The van der Waals surface area contributed by atoms with Crippen LogP contribution >= 0.6 is 15.9 Å². The number of halogens is 1. The fraction of sp³-hybridized carbons (Fsp3) is 0.300. The number of nitrogens with two attached hydrogens (primary N) is 1. The first-order valence-electron chi connectivity index (χ1n) is 4.37. The summed E-state index contributed by atoms with van der Waals surface area (Å²) in [4.78, 5) is 3.85. The molecule has 0 aliphatic heterocycles. The molecule has 1 rings (SSSR count). The summed E-state index contributed by atoms with van der Waals surface area (Å²) < 4.78 is 1.07. The van der Waals surface area contributed by atoms with Gasteiger partial charge < -0.3 is 11.1 Å². The molecule has 1 aromatic rings. The zero-order valence-corrected chi connectivity index (χ0v) is 9.88. The molecule has 0 bridgehead atoms. The van der Waals surface area contributed by atoms with E-state index in [1.54, 1.807) is 7.05 Å². The number of guanidine groups is 1. The smallest absolute Gasteiger partial charge is 0.188 e. The minimum absolute atomic E-state index is 0.173. The van der Waals surface area contributed by atoms with E-state index in [9.17, 15) is 0 Å². The third-order valence-corrected chi connectivity index (χ3v) is 2.50. The van der Waals surface area contributed by atoms with E-state index in [-0.39, 0.29) is 6.04 Å². The Morgan fingerprint density at radius 2 is 2.00 bits per heavy atom. The van der Waals surface area contributed by atoms with E-state index in [1.165, 1.54) is 5.56 Å². The zero-order valence-electron chi connectivity index (χ0n) is 8.29. The number of rotatable bonds is 2. The predicted molar refractivity (Wildman–Crippen MR) is 63.2 cm³/mol. The van der Waals surface area contributed by atoms with Crippen molar-refractivity contribution in [3.8, 4) is 0 Å². The molecule has 0 fully saturated rings. The molecule has 0 saturated heterocycles. The lowest BCUT2D eigenvalue weighted by atomic mass is 10.1. The van der Waals surface area contributed by atoms with Gasteiger partial charge in [-0.3, -0.25) is 4.99 Å². The van der Waals surface area contributed by atoms with E-state index in [2.05, 4.69) is 26.2 Å².